The molecule has 1 aromatic heterocycles. The van der Waals surface area contributed by atoms with E-state index >= 15 is 0 Å². The first-order chi connectivity index (χ1) is 13.7. The van der Waals surface area contributed by atoms with Crippen LogP contribution in [0.1, 0.15) is 0 Å². The maximum atomic E-state index is 12.6. The molecule has 0 atom stereocenters. The topological polar surface area (TPSA) is 74.5 Å². The summed E-state index contributed by atoms with van der Waals surface area (Å²) < 4.78 is 1.89. The molecular weight excluding hydrogens is 374 g/mol. The number of amides is 1. The number of aromatic nitrogens is 3. The Kier molecular flexibility index (Phi) is 5.48. The minimum absolute atomic E-state index is 0.109. The van der Waals surface area contributed by atoms with Gasteiger partial charge in [0.2, 0.25) is 5.91 Å². The molecule has 144 valence electrons. The third-order valence-corrected chi connectivity index (χ3v) is 5.65. The molecule has 4 rings (SSSR count). The molecule has 1 saturated heterocycles. The van der Waals surface area contributed by atoms with Crippen LogP contribution in [0.2, 0.25) is 0 Å². The van der Waals surface area contributed by atoms with E-state index in [9.17, 15) is 9.90 Å². The Balaban J connectivity index is 1.31. The highest BCUT2D eigenvalue weighted by Gasteiger charge is 2.22. The second kappa shape index (κ2) is 8.35. The maximum absolute atomic E-state index is 12.6. The number of benzene rings is 2. The van der Waals surface area contributed by atoms with Gasteiger partial charge in [0.1, 0.15) is 12.1 Å². The summed E-state index contributed by atoms with van der Waals surface area (Å²) in [7, 11) is 0. The lowest BCUT2D eigenvalue weighted by molar-refractivity contribution is -0.128. The van der Waals surface area contributed by atoms with E-state index in [1.54, 1.807) is 18.5 Å². The van der Waals surface area contributed by atoms with Crippen LogP contribution in [0.3, 0.4) is 0 Å². The van der Waals surface area contributed by atoms with Gasteiger partial charge in [-0.2, -0.15) is 0 Å². The van der Waals surface area contributed by atoms with Gasteiger partial charge in [0.25, 0.3) is 0 Å². The number of phenolic OH excluding ortho intramolecular Hbond substituents is 1. The van der Waals surface area contributed by atoms with Crippen LogP contribution in [0, 0.1) is 0 Å². The number of thioether (sulfide) groups is 1. The van der Waals surface area contributed by atoms with E-state index in [0.29, 0.717) is 24.0 Å². The number of carbonyl (C=O) groups excluding carboxylic acids is 1. The maximum Gasteiger partial charge on any atom is 0.233 e. The average Bonchev–Trinajstić information content (AvgIpc) is 3.22. The molecule has 0 aliphatic carbocycles. The van der Waals surface area contributed by atoms with Gasteiger partial charge >= 0.3 is 0 Å². The molecule has 1 N–H and O–H groups in total. The molecule has 28 heavy (non-hydrogen) atoms. The number of carbonyl (C=O) groups is 1. The summed E-state index contributed by atoms with van der Waals surface area (Å²) in [6.45, 7) is 2.93. The molecule has 2 heterocycles. The van der Waals surface area contributed by atoms with Crippen LogP contribution in [0.4, 0.5) is 5.69 Å². The zero-order valence-electron chi connectivity index (χ0n) is 15.3. The summed E-state index contributed by atoms with van der Waals surface area (Å²) in [5.41, 5.74) is 2.04. The van der Waals surface area contributed by atoms with Crippen LogP contribution in [-0.4, -0.2) is 62.6 Å². The lowest BCUT2D eigenvalue weighted by atomic mass is 10.2. The molecule has 0 unspecified atom stereocenters. The summed E-state index contributed by atoms with van der Waals surface area (Å²) in [5.74, 6) is 0.709. The van der Waals surface area contributed by atoms with E-state index in [-0.39, 0.29) is 11.7 Å². The highest BCUT2D eigenvalue weighted by molar-refractivity contribution is 7.99. The molecule has 1 aliphatic heterocycles. The van der Waals surface area contributed by atoms with Crippen molar-refractivity contribution < 1.29 is 9.90 Å². The van der Waals surface area contributed by atoms with Crippen LogP contribution < -0.4 is 4.90 Å². The molecule has 1 fully saturated rings. The SMILES string of the molecule is O=C(CSc1nncn1-c1ccccc1)N1CCN(c2ccc(O)cc2)CC1. The first-order valence-corrected chi connectivity index (χ1v) is 10.1. The normalized spacial score (nSPS) is 14.3. The Morgan fingerprint density at radius 3 is 2.39 bits per heavy atom. The number of hydrogen-bond acceptors (Lipinski definition) is 6. The number of aromatic hydroxyl groups is 1. The summed E-state index contributed by atoms with van der Waals surface area (Å²) in [5, 5.41) is 18.3. The molecule has 0 bridgehead atoms. The highest BCUT2D eigenvalue weighted by atomic mass is 32.2. The number of rotatable bonds is 5. The van der Waals surface area contributed by atoms with Gasteiger partial charge in [0, 0.05) is 37.6 Å². The molecular formula is C20H21N5O2S. The fraction of sp³-hybridized carbons (Fsp3) is 0.250. The van der Waals surface area contributed by atoms with Crippen molar-refractivity contribution in [2.45, 2.75) is 5.16 Å². The standard InChI is InChI=1S/C20H21N5O2S/c26-18-8-6-16(7-9-18)23-10-12-24(13-11-23)19(27)14-28-20-22-21-15-25(20)17-4-2-1-3-5-17/h1-9,15,26H,10-14H2. The Labute approximate surface area is 167 Å². The Morgan fingerprint density at radius 2 is 1.68 bits per heavy atom. The number of phenols is 1. The average molecular weight is 395 g/mol. The number of para-hydroxylation sites is 1. The second-order valence-electron chi connectivity index (χ2n) is 6.49. The Morgan fingerprint density at radius 1 is 0.964 bits per heavy atom. The monoisotopic (exact) mass is 395 g/mol. The number of nitrogens with zero attached hydrogens (tertiary/aromatic N) is 5. The molecule has 7 nitrogen and oxygen atoms in total. The molecule has 2 aromatic carbocycles. The van der Waals surface area contributed by atoms with Crippen molar-refractivity contribution in [1.29, 1.82) is 0 Å². The zero-order valence-corrected chi connectivity index (χ0v) is 16.1. The van der Waals surface area contributed by atoms with Gasteiger partial charge in [-0.05, 0) is 36.4 Å². The zero-order chi connectivity index (χ0) is 19.3. The van der Waals surface area contributed by atoms with E-state index in [0.717, 1.165) is 24.5 Å². The van der Waals surface area contributed by atoms with Crippen molar-refractivity contribution in [3.63, 3.8) is 0 Å². The van der Waals surface area contributed by atoms with Crippen molar-refractivity contribution in [1.82, 2.24) is 19.7 Å². The van der Waals surface area contributed by atoms with Gasteiger partial charge in [-0.15, -0.1) is 10.2 Å². The van der Waals surface area contributed by atoms with E-state index in [2.05, 4.69) is 15.1 Å². The van der Waals surface area contributed by atoms with E-state index in [4.69, 9.17) is 0 Å². The fourth-order valence-electron chi connectivity index (χ4n) is 3.18. The van der Waals surface area contributed by atoms with Gasteiger partial charge in [0.15, 0.2) is 5.16 Å². The quantitative estimate of drug-likeness (QED) is 0.669. The summed E-state index contributed by atoms with van der Waals surface area (Å²) >= 11 is 1.41. The molecule has 1 aliphatic rings. The molecule has 0 spiro atoms. The summed E-state index contributed by atoms with van der Waals surface area (Å²) in [6.07, 6.45) is 1.67. The van der Waals surface area contributed by atoms with Crippen LogP contribution in [0.15, 0.2) is 66.1 Å². The van der Waals surface area contributed by atoms with E-state index < -0.39 is 0 Å². The van der Waals surface area contributed by atoms with E-state index in [1.807, 2.05) is 51.9 Å². The predicted molar refractivity (Wildman–Crippen MR) is 109 cm³/mol. The fourth-order valence-corrected chi connectivity index (χ4v) is 4.02. The highest BCUT2D eigenvalue weighted by Crippen LogP contribution is 2.22. The first kappa shape index (κ1) is 18.4. The van der Waals surface area contributed by atoms with Crippen molar-refractivity contribution >= 4 is 23.4 Å². The third-order valence-electron chi connectivity index (χ3n) is 4.72. The van der Waals surface area contributed by atoms with Crippen molar-refractivity contribution in [3.8, 4) is 11.4 Å². The second-order valence-corrected chi connectivity index (χ2v) is 7.43. The van der Waals surface area contributed by atoms with Crippen LogP contribution in [0.25, 0.3) is 5.69 Å². The van der Waals surface area contributed by atoms with Crippen LogP contribution in [-0.2, 0) is 4.79 Å². The summed E-state index contributed by atoms with van der Waals surface area (Å²) in [4.78, 5) is 16.7. The van der Waals surface area contributed by atoms with Gasteiger partial charge in [-0.3, -0.25) is 9.36 Å². The number of anilines is 1. The van der Waals surface area contributed by atoms with Gasteiger partial charge < -0.3 is 14.9 Å². The van der Waals surface area contributed by atoms with Gasteiger partial charge in [0.05, 0.1) is 5.75 Å². The van der Waals surface area contributed by atoms with Crippen molar-refractivity contribution in [3.05, 3.63) is 60.9 Å². The molecule has 1 amide bonds. The lowest BCUT2D eigenvalue weighted by Crippen LogP contribution is -2.49. The molecule has 0 saturated carbocycles. The van der Waals surface area contributed by atoms with Gasteiger partial charge in [-0.1, -0.05) is 30.0 Å². The van der Waals surface area contributed by atoms with Crippen molar-refractivity contribution in [2.75, 3.05) is 36.8 Å². The third kappa shape index (κ3) is 4.12. The summed E-state index contributed by atoms with van der Waals surface area (Å²) in [6, 6.07) is 17.0. The number of piperazine rings is 1. The largest absolute Gasteiger partial charge is 0.508 e. The first-order valence-electron chi connectivity index (χ1n) is 9.11. The molecule has 8 heteroatoms. The lowest BCUT2D eigenvalue weighted by Gasteiger charge is -2.36. The van der Waals surface area contributed by atoms with Crippen LogP contribution in [0.5, 0.6) is 5.75 Å². The van der Waals surface area contributed by atoms with Crippen LogP contribution >= 0.6 is 11.8 Å². The predicted octanol–water partition coefficient (Wildman–Crippen LogP) is 2.41. The smallest absolute Gasteiger partial charge is 0.233 e. The Hall–Kier alpha value is -3.00. The van der Waals surface area contributed by atoms with E-state index in [1.165, 1.54) is 11.8 Å². The Bertz CT molecular complexity index is 921. The molecule has 0 radical (unpaired) electrons. The van der Waals surface area contributed by atoms with Gasteiger partial charge in [-0.25, -0.2) is 0 Å². The minimum Gasteiger partial charge on any atom is -0.508 e. The van der Waals surface area contributed by atoms with Crippen molar-refractivity contribution in [2.24, 2.45) is 0 Å². The molecule has 3 aromatic rings. The minimum atomic E-state index is 0.109. The number of hydrogen-bond donors (Lipinski definition) is 1.